The molecule has 0 aromatic carbocycles. The molecule has 4 heteroatoms. The van der Waals surface area contributed by atoms with Gasteiger partial charge < -0.3 is 5.32 Å². The third-order valence-corrected chi connectivity index (χ3v) is 4.71. The van der Waals surface area contributed by atoms with Gasteiger partial charge >= 0.3 is 0 Å². The van der Waals surface area contributed by atoms with Crippen LogP contribution < -0.4 is 5.32 Å². The molecule has 1 fully saturated rings. The van der Waals surface area contributed by atoms with Crippen molar-refractivity contribution < 1.29 is 0 Å². The number of pyridine rings is 1. The normalized spacial score (nSPS) is 22.3. The molecule has 1 saturated heterocycles. The molecule has 1 unspecified atom stereocenters. The van der Waals surface area contributed by atoms with Gasteiger partial charge in [0.1, 0.15) is 4.60 Å². The van der Waals surface area contributed by atoms with E-state index in [-0.39, 0.29) is 0 Å². The van der Waals surface area contributed by atoms with Crippen LogP contribution in [0, 0.1) is 3.57 Å². The maximum atomic E-state index is 4.54. The first-order valence-electron chi connectivity index (χ1n) is 4.83. The van der Waals surface area contributed by atoms with Gasteiger partial charge in [0.2, 0.25) is 0 Å². The lowest BCUT2D eigenvalue weighted by Crippen LogP contribution is -2.27. The quantitative estimate of drug-likeness (QED) is 0.609. The maximum absolute atomic E-state index is 4.54. The Morgan fingerprint density at radius 3 is 2.93 bits per heavy atom. The van der Waals surface area contributed by atoms with Crippen molar-refractivity contribution in [3.63, 3.8) is 0 Å². The summed E-state index contributed by atoms with van der Waals surface area (Å²) in [5.41, 5.74) is 1.16. The average molecular weight is 367 g/mol. The Labute approximate surface area is 106 Å². The van der Waals surface area contributed by atoms with E-state index in [0.29, 0.717) is 6.04 Å². The van der Waals surface area contributed by atoms with Gasteiger partial charge in [-0.1, -0.05) is 6.42 Å². The van der Waals surface area contributed by atoms with E-state index in [1.165, 1.54) is 22.8 Å². The molecule has 1 aliphatic heterocycles. The Hall–Kier alpha value is 0.320. The van der Waals surface area contributed by atoms with Gasteiger partial charge in [-0.15, -0.1) is 0 Å². The predicted octanol–water partition coefficient (Wildman–Crippen LogP) is 3.26. The molecule has 0 bridgehead atoms. The highest BCUT2D eigenvalue weighted by Crippen LogP contribution is 2.24. The lowest BCUT2D eigenvalue weighted by Gasteiger charge is -2.23. The summed E-state index contributed by atoms with van der Waals surface area (Å²) < 4.78 is 2.13. The molecule has 2 heterocycles. The molecule has 0 saturated carbocycles. The molecule has 0 radical (unpaired) electrons. The molecule has 14 heavy (non-hydrogen) atoms. The van der Waals surface area contributed by atoms with Crippen molar-refractivity contribution in [3.8, 4) is 0 Å². The van der Waals surface area contributed by atoms with Gasteiger partial charge in [0, 0.05) is 9.61 Å². The molecule has 2 nitrogen and oxygen atoms in total. The first kappa shape index (κ1) is 10.8. The summed E-state index contributed by atoms with van der Waals surface area (Å²) in [6.45, 7) is 1.12. The van der Waals surface area contributed by atoms with Crippen molar-refractivity contribution in [2.45, 2.75) is 25.3 Å². The van der Waals surface area contributed by atoms with Gasteiger partial charge in [0.05, 0.1) is 5.69 Å². The second-order valence-electron chi connectivity index (χ2n) is 3.51. The highest BCUT2D eigenvalue weighted by atomic mass is 127. The molecule has 1 aromatic heterocycles. The Balaban J connectivity index is 2.18. The molecule has 1 atom stereocenters. The minimum atomic E-state index is 0.456. The Morgan fingerprint density at radius 2 is 2.29 bits per heavy atom. The number of hydrogen-bond donors (Lipinski definition) is 1. The van der Waals surface area contributed by atoms with E-state index in [1.54, 1.807) is 0 Å². The number of piperidine rings is 1. The average Bonchev–Trinajstić information content (AvgIpc) is 2.23. The highest BCUT2D eigenvalue weighted by molar-refractivity contribution is 14.1. The van der Waals surface area contributed by atoms with Crippen molar-refractivity contribution in [3.05, 3.63) is 26.0 Å². The van der Waals surface area contributed by atoms with E-state index in [2.05, 4.69) is 61.0 Å². The fourth-order valence-electron chi connectivity index (χ4n) is 1.73. The van der Waals surface area contributed by atoms with Crippen molar-refractivity contribution >= 4 is 38.5 Å². The zero-order chi connectivity index (χ0) is 9.97. The minimum absolute atomic E-state index is 0.456. The first-order chi connectivity index (χ1) is 6.77. The van der Waals surface area contributed by atoms with Crippen LogP contribution in [0.3, 0.4) is 0 Å². The van der Waals surface area contributed by atoms with Crippen LogP contribution in [0.15, 0.2) is 16.7 Å². The molecule has 76 valence electrons. The van der Waals surface area contributed by atoms with Crippen molar-refractivity contribution in [1.29, 1.82) is 0 Å². The maximum Gasteiger partial charge on any atom is 0.119 e. The van der Waals surface area contributed by atoms with E-state index in [0.717, 1.165) is 16.8 Å². The fraction of sp³-hybridized carbons (Fsp3) is 0.500. The van der Waals surface area contributed by atoms with Crippen LogP contribution in [-0.2, 0) is 0 Å². The summed E-state index contributed by atoms with van der Waals surface area (Å²) in [6, 6.07) is 4.69. The number of hydrogen-bond acceptors (Lipinski definition) is 2. The third-order valence-electron chi connectivity index (χ3n) is 2.49. The molecule has 1 aliphatic rings. The summed E-state index contributed by atoms with van der Waals surface area (Å²) in [5, 5.41) is 3.50. The molecule has 0 aliphatic carbocycles. The topological polar surface area (TPSA) is 24.9 Å². The Bertz CT molecular complexity index is 324. The number of nitrogens with one attached hydrogen (secondary N) is 1. The number of halogens is 2. The van der Waals surface area contributed by atoms with E-state index in [4.69, 9.17) is 0 Å². The van der Waals surface area contributed by atoms with Crippen molar-refractivity contribution in [2.75, 3.05) is 6.54 Å². The summed E-state index contributed by atoms with van der Waals surface area (Å²) in [4.78, 5) is 4.54. The summed E-state index contributed by atoms with van der Waals surface area (Å²) in [5.74, 6) is 0. The minimum Gasteiger partial charge on any atom is -0.309 e. The molecule has 0 spiro atoms. The second-order valence-corrected chi connectivity index (χ2v) is 5.42. The van der Waals surface area contributed by atoms with E-state index >= 15 is 0 Å². The molecule has 0 amide bonds. The van der Waals surface area contributed by atoms with Gasteiger partial charge in [-0.25, -0.2) is 4.98 Å². The number of rotatable bonds is 1. The summed E-state index contributed by atoms with van der Waals surface area (Å²) >= 11 is 5.75. The van der Waals surface area contributed by atoms with Gasteiger partial charge in [-0.05, 0) is 70.0 Å². The van der Waals surface area contributed by atoms with Crippen LogP contribution >= 0.6 is 38.5 Å². The number of nitrogens with zero attached hydrogens (tertiary/aromatic N) is 1. The highest BCUT2D eigenvalue weighted by Gasteiger charge is 2.16. The van der Waals surface area contributed by atoms with E-state index in [1.807, 2.05) is 0 Å². The van der Waals surface area contributed by atoms with E-state index < -0.39 is 0 Å². The largest absolute Gasteiger partial charge is 0.309 e. The van der Waals surface area contributed by atoms with Crippen molar-refractivity contribution in [1.82, 2.24) is 10.3 Å². The van der Waals surface area contributed by atoms with Crippen LogP contribution in [-0.4, -0.2) is 11.5 Å². The summed E-state index contributed by atoms with van der Waals surface area (Å²) in [6.07, 6.45) is 3.81. The zero-order valence-corrected chi connectivity index (χ0v) is 11.5. The molecule has 1 aromatic rings. The third kappa shape index (κ3) is 2.46. The van der Waals surface area contributed by atoms with Crippen LogP contribution in [0.1, 0.15) is 31.0 Å². The lowest BCUT2D eigenvalue weighted by atomic mass is 10.0. The van der Waals surface area contributed by atoms with Gasteiger partial charge in [0.15, 0.2) is 0 Å². The van der Waals surface area contributed by atoms with Crippen LogP contribution in [0.2, 0.25) is 0 Å². The van der Waals surface area contributed by atoms with Crippen LogP contribution in [0.25, 0.3) is 0 Å². The Morgan fingerprint density at radius 1 is 1.43 bits per heavy atom. The van der Waals surface area contributed by atoms with Gasteiger partial charge in [0.25, 0.3) is 0 Å². The zero-order valence-electron chi connectivity index (χ0n) is 7.76. The molecule has 1 N–H and O–H groups in total. The van der Waals surface area contributed by atoms with E-state index in [9.17, 15) is 0 Å². The van der Waals surface area contributed by atoms with Crippen molar-refractivity contribution in [2.24, 2.45) is 0 Å². The second kappa shape index (κ2) is 4.90. The first-order valence-corrected chi connectivity index (χ1v) is 6.70. The molecular formula is C10H12BrIN2. The van der Waals surface area contributed by atoms with Gasteiger partial charge in [-0.2, -0.15) is 0 Å². The number of aromatic nitrogens is 1. The SMILES string of the molecule is Brc1nc(C2CCCCN2)ccc1I. The van der Waals surface area contributed by atoms with Gasteiger partial charge in [-0.3, -0.25) is 0 Å². The predicted molar refractivity (Wildman–Crippen MR) is 69.2 cm³/mol. The monoisotopic (exact) mass is 366 g/mol. The summed E-state index contributed by atoms with van der Waals surface area (Å²) in [7, 11) is 0. The molecular weight excluding hydrogens is 355 g/mol. The Kier molecular flexibility index (Phi) is 3.79. The van der Waals surface area contributed by atoms with Crippen LogP contribution in [0.5, 0.6) is 0 Å². The van der Waals surface area contributed by atoms with Crippen LogP contribution in [0.4, 0.5) is 0 Å². The fourth-order valence-corrected chi connectivity index (χ4v) is 2.37. The smallest absolute Gasteiger partial charge is 0.119 e. The lowest BCUT2D eigenvalue weighted by molar-refractivity contribution is 0.405. The molecule has 2 rings (SSSR count). The standard InChI is InChI=1S/C10H12BrIN2/c11-10-7(12)4-5-9(14-10)8-3-1-2-6-13-8/h4-5,8,13H,1-3,6H2.